The van der Waals surface area contributed by atoms with Crippen molar-refractivity contribution in [2.45, 2.75) is 19.4 Å². The SMILES string of the molecule is O=C(Cc1ccc(F)cc1)NCc1nc(C(=O)NCCc2ccccc2F)cs1. The Morgan fingerprint density at radius 1 is 1.00 bits per heavy atom. The first-order valence-electron chi connectivity index (χ1n) is 8.98. The van der Waals surface area contributed by atoms with Gasteiger partial charge in [-0.3, -0.25) is 9.59 Å². The first-order valence-corrected chi connectivity index (χ1v) is 9.86. The largest absolute Gasteiger partial charge is 0.350 e. The van der Waals surface area contributed by atoms with E-state index in [1.54, 1.807) is 35.7 Å². The molecule has 0 bridgehead atoms. The number of nitrogens with one attached hydrogen (secondary N) is 2. The topological polar surface area (TPSA) is 71.1 Å². The van der Waals surface area contributed by atoms with Crippen molar-refractivity contribution in [2.24, 2.45) is 0 Å². The molecule has 2 amide bonds. The number of carbonyl (C=O) groups excluding carboxylic acids is 2. The quantitative estimate of drug-likeness (QED) is 0.593. The summed E-state index contributed by atoms with van der Waals surface area (Å²) in [5.41, 5.74) is 1.50. The summed E-state index contributed by atoms with van der Waals surface area (Å²) in [7, 11) is 0. The maximum Gasteiger partial charge on any atom is 0.270 e. The highest BCUT2D eigenvalue weighted by Gasteiger charge is 2.12. The van der Waals surface area contributed by atoms with Crippen molar-refractivity contribution in [3.63, 3.8) is 0 Å². The Balaban J connectivity index is 1.43. The van der Waals surface area contributed by atoms with Crippen LogP contribution in [0.3, 0.4) is 0 Å². The molecule has 8 heteroatoms. The molecule has 2 aromatic carbocycles. The Labute approximate surface area is 170 Å². The van der Waals surface area contributed by atoms with E-state index in [1.165, 1.54) is 29.5 Å². The van der Waals surface area contributed by atoms with E-state index in [4.69, 9.17) is 0 Å². The number of halogens is 2. The number of hydrogen-bond donors (Lipinski definition) is 2. The monoisotopic (exact) mass is 415 g/mol. The lowest BCUT2D eigenvalue weighted by Crippen LogP contribution is -2.27. The molecule has 0 aliphatic carbocycles. The summed E-state index contributed by atoms with van der Waals surface area (Å²) in [5, 5.41) is 7.64. The lowest BCUT2D eigenvalue weighted by molar-refractivity contribution is -0.120. The van der Waals surface area contributed by atoms with Gasteiger partial charge in [0.15, 0.2) is 0 Å². The van der Waals surface area contributed by atoms with Gasteiger partial charge in [0.2, 0.25) is 5.91 Å². The molecule has 1 heterocycles. The van der Waals surface area contributed by atoms with E-state index < -0.39 is 0 Å². The summed E-state index contributed by atoms with van der Waals surface area (Å²) in [5.74, 6) is -1.21. The zero-order valence-corrected chi connectivity index (χ0v) is 16.3. The van der Waals surface area contributed by atoms with Gasteiger partial charge in [0.05, 0.1) is 13.0 Å². The van der Waals surface area contributed by atoms with Crippen LogP contribution in [0.4, 0.5) is 8.78 Å². The number of aromatic nitrogens is 1. The van der Waals surface area contributed by atoms with Gasteiger partial charge in [-0.05, 0) is 35.7 Å². The molecule has 5 nitrogen and oxygen atoms in total. The fraction of sp³-hybridized carbons (Fsp3) is 0.190. The average molecular weight is 415 g/mol. The number of carbonyl (C=O) groups is 2. The average Bonchev–Trinajstić information content (AvgIpc) is 3.19. The maximum absolute atomic E-state index is 13.6. The highest BCUT2D eigenvalue weighted by Crippen LogP contribution is 2.11. The van der Waals surface area contributed by atoms with Gasteiger partial charge in [-0.25, -0.2) is 13.8 Å². The summed E-state index contributed by atoms with van der Waals surface area (Å²) in [4.78, 5) is 28.4. The van der Waals surface area contributed by atoms with Crippen molar-refractivity contribution in [1.82, 2.24) is 15.6 Å². The van der Waals surface area contributed by atoms with Crippen LogP contribution in [-0.4, -0.2) is 23.3 Å². The van der Waals surface area contributed by atoms with E-state index >= 15 is 0 Å². The summed E-state index contributed by atoms with van der Waals surface area (Å²) in [6, 6.07) is 12.2. The van der Waals surface area contributed by atoms with Crippen molar-refractivity contribution < 1.29 is 18.4 Å². The molecule has 0 radical (unpaired) electrons. The molecule has 0 unspecified atom stereocenters. The van der Waals surface area contributed by atoms with Crippen molar-refractivity contribution in [3.8, 4) is 0 Å². The summed E-state index contributed by atoms with van der Waals surface area (Å²) >= 11 is 1.26. The summed E-state index contributed by atoms with van der Waals surface area (Å²) in [6.45, 7) is 0.494. The van der Waals surface area contributed by atoms with Crippen molar-refractivity contribution >= 4 is 23.2 Å². The van der Waals surface area contributed by atoms with Gasteiger partial charge in [0.1, 0.15) is 22.3 Å². The number of thiazole rings is 1. The minimum absolute atomic E-state index is 0.134. The Hall–Kier alpha value is -3.13. The van der Waals surface area contributed by atoms with Crippen LogP contribution in [0.25, 0.3) is 0 Å². The normalized spacial score (nSPS) is 10.6. The van der Waals surface area contributed by atoms with E-state index in [0.717, 1.165) is 0 Å². The van der Waals surface area contributed by atoms with Crippen molar-refractivity contribution in [3.05, 3.63) is 87.4 Å². The fourth-order valence-electron chi connectivity index (χ4n) is 2.62. The molecular weight excluding hydrogens is 396 g/mol. The van der Waals surface area contributed by atoms with Crippen LogP contribution < -0.4 is 10.6 Å². The molecular formula is C21H19F2N3O2S. The van der Waals surface area contributed by atoms with E-state index in [9.17, 15) is 18.4 Å². The van der Waals surface area contributed by atoms with Crippen LogP contribution in [0.1, 0.15) is 26.6 Å². The highest BCUT2D eigenvalue weighted by atomic mass is 32.1. The third kappa shape index (κ3) is 6.18. The molecule has 3 rings (SSSR count). The first kappa shape index (κ1) is 20.6. The smallest absolute Gasteiger partial charge is 0.270 e. The van der Waals surface area contributed by atoms with Gasteiger partial charge in [0, 0.05) is 11.9 Å². The van der Waals surface area contributed by atoms with Gasteiger partial charge in [-0.1, -0.05) is 30.3 Å². The predicted molar refractivity (Wildman–Crippen MR) is 107 cm³/mol. The van der Waals surface area contributed by atoms with Crippen molar-refractivity contribution in [2.75, 3.05) is 6.54 Å². The summed E-state index contributed by atoms with van der Waals surface area (Å²) in [6.07, 6.45) is 0.518. The minimum Gasteiger partial charge on any atom is -0.350 e. The predicted octanol–water partition coefficient (Wildman–Crippen LogP) is 3.25. The van der Waals surface area contributed by atoms with Crippen LogP contribution >= 0.6 is 11.3 Å². The third-order valence-electron chi connectivity index (χ3n) is 4.14. The summed E-state index contributed by atoms with van der Waals surface area (Å²) < 4.78 is 26.5. The number of benzene rings is 2. The lowest BCUT2D eigenvalue weighted by Gasteiger charge is -2.05. The number of hydrogen-bond acceptors (Lipinski definition) is 4. The number of nitrogens with zero attached hydrogens (tertiary/aromatic N) is 1. The zero-order valence-electron chi connectivity index (χ0n) is 15.5. The fourth-order valence-corrected chi connectivity index (χ4v) is 3.34. The molecule has 0 fully saturated rings. The Morgan fingerprint density at radius 3 is 2.52 bits per heavy atom. The van der Waals surface area contributed by atoms with Crippen LogP contribution in [0.15, 0.2) is 53.9 Å². The molecule has 3 aromatic rings. The second-order valence-electron chi connectivity index (χ2n) is 6.30. The first-order chi connectivity index (χ1) is 14.0. The van der Waals surface area contributed by atoms with Gasteiger partial charge in [-0.2, -0.15) is 0 Å². The second kappa shape index (κ2) is 9.88. The number of rotatable bonds is 8. The Bertz CT molecular complexity index is 990. The standard InChI is InChI=1S/C21H19F2N3O2S/c22-16-7-5-14(6-8-16)11-19(27)25-12-20-26-18(13-29-20)21(28)24-10-9-15-3-1-2-4-17(15)23/h1-8,13H,9-12H2,(H,24,28)(H,25,27). The highest BCUT2D eigenvalue weighted by molar-refractivity contribution is 7.09. The molecule has 0 aliphatic heterocycles. The van der Waals surface area contributed by atoms with E-state index in [-0.39, 0.29) is 42.1 Å². The maximum atomic E-state index is 13.6. The second-order valence-corrected chi connectivity index (χ2v) is 7.25. The van der Waals surface area contributed by atoms with Gasteiger partial charge in [0.25, 0.3) is 5.91 Å². The number of amides is 2. The molecule has 0 atom stereocenters. The Kier molecular flexibility index (Phi) is 7.02. The third-order valence-corrected chi connectivity index (χ3v) is 4.99. The molecule has 0 saturated heterocycles. The molecule has 0 aliphatic rings. The van der Waals surface area contributed by atoms with Gasteiger partial charge >= 0.3 is 0 Å². The Morgan fingerprint density at radius 2 is 1.76 bits per heavy atom. The van der Waals surface area contributed by atoms with E-state index in [0.29, 0.717) is 29.1 Å². The van der Waals surface area contributed by atoms with Gasteiger partial charge < -0.3 is 10.6 Å². The molecule has 0 spiro atoms. The van der Waals surface area contributed by atoms with Crippen LogP contribution in [0, 0.1) is 11.6 Å². The van der Waals surface area contributed by atoms with E-state index in [2.05, 4.69) is 15.6 Å². The van der Waals surface area contributed by atoms with Crippen LogP contribution in [0.2, 0.25) is 0 Å². The lowest BCUT2D eigenvalue weighted by atomic mass is 10.1. The van der Waals surface area contributed by atoms with Crippen LogP contribution in [-0.2, 0) is 24.2 Å². The molecule has 29 heavy (non-hydrogen) atoms. The van der Waals surface area contributed by atoms with Crippen LogP contribution in [0.5, 0.6) is 0 Å². The molecule has 2 N–H and O–H groups in total. The molecule has 1 aromatic heterocycles. The molecule has 150 valence electrons. The van der Waals surface area contributed by atoms with E-state index in [1.807, 2.05) is 0 Å². The minimum atomic E-state index is -0.350. The zero-order chi connectivity index (χ0) is 20.6. The molecule has 0 saturated carbocycles. The van der Waals surface area contributed by atoms with Gasteiger partial charge in [-0.15, -0.1) is 11.3 Å². The van der Waals surface area contributed by atoms with Crippen molar-refractivity contribution in [1.29, 1.82) is 0 Å².